The number of rotatable bonds is 13. The monoisotopic (exact) mass is 592 g/mol. The maximum absolute atomic E-state index is 14.0. The average molecular weight is 593 g/mol. The molecule has 1 heterocycles. The number of ether oxygens (including phenoxy) is 1. The van der Waals surface area contributed by atoms with Crippen LogP contribution in [-0.2, 0) is 21.2 Å². The number of likely N-dealkylation sites (N-methyl/N-ethyl adjacent to an activating group) is 1. The van der Waals surface area contributed by atoms with Crippen LogP contribution >= 0.6 is 11.6 Å². The van der Waals surface area contributed by atoms with Crippen molar-refractivity contribution in [3.8, 4) is 5.75 Å². The Morgan fingerprint density at radius 2 is 1.73 bits per heavy atom. The zero-order valence-corrected chi connectivity index (χ0v) is 26.4. The van der Waals surface area contributed by atoms with Crippen molar-refractivity contribution in [2.75, 3.05) is 60.0 Å². The van der Waals surface area contributed by atoms with Crippen LogP contribution in [0.5, 0.6) is 5.75 Å². The lowest BCUT2D eigenvalue weighted by Crippen LogP contribution is -2.51. The van der Waals surface area contributed by atoms with Crippen molar-refractivity contribution in [2.24, 2.45) is 0 Å². The maximum atomic E-state index is 14.0. The van der Waals surface area contributed by atoms with Crippen LogP contribution in [0.25, 0.3) is 0 Å². The number of hydrogen-bond acceptors (Lipinski definition) is 6. The van der Waals surface area contributed by atoms with Gasteiger partial charge in [0.2, 0.25) is 15.9 Å². The lowest BCUT2D eigenvalue weighted by atomic mass is 10.1. The first-order chi connectivity index (χ1) is 19.0. The molecule has 1 saturated heterocycles. The summed E-state index contributed by atoms with van der Waals surface area (Å²) >= 11 is 6.09. The summed E-state index contributed by atoms with van der Waals surface area (Å²) < 4.78 is 35.9. The number of aryl methyl sites for hydroxylation is 1. The Bertz CT molecular complexity index is 1250. The largest absolute Gasteiger partial charge is 0.496 e. The Morgan fingerprint density at radius 1 is 1.07 bits per heavy atom. The van der Waals surface area contributed by atoms with Gasteiger partial charge >= 0.3 is 0 Å². The van der Waals surface area contributed by atoms with E-state index in [1.54, 1.807) is 39.2 Å². The number of hydrogen-bond donors (Lipinski definition) is 1. The smallest absolute Gasteiger partial charge is 0.241 e. The molecule has 0 bridgehead atoms. The fourth-order valence-corrected chi connectivity index (χ4v) is 7.15. The minimum absolute atomic E-state index is 0.191. The van der Waals surface area contributed by atoms with Crippen LogP contribution in [0.1, 0.15) is 42.0 Å². The SMILES string of the molecule is CCCN(CCCN1CCN(C)CC1)C(=O)[C@H](Cc1ccc(Cl)cc1)NS(=O)(=O)c1c(C)cc(OC)c(C)c1C. The van der Waals surface area contributed by atoms with Crippen LogP contribution in [0.3, 0.4) is 0 Å². The van der Waals surface area contributed by atoms with E-state index in [2.05, 4.69) is 21.6 Å². The van der Waals surface area contributed by atoms with Crippen molar-refractivity contribution in [3.63, 3.8) is 0 Å². The normalized spacial score (nSPS) is 15.7. The summed E-state index contributed by atoms with van der Waals surface area (Å²) in [6.45, 7) is 13.6. The fraction of sp³-hybridized carbons (Fsp3) is 0.567. The number of nitrogens with zero attached hydrogens (tertiary/aromatic N) is 3. The first-order valence-electron chi connectivity index (χ1n) is 14.1. The Kier molecular flexibility index (Phi) is 11.8. The van der Waals surface area contributed by atoms with E-state index in [0.717, 1.165) is 56.7 Å². The van der Waals surface area contributed by atoms with Gasteiger partial charge in [0, 0.05) is 44.3 Å². The van der Waals surface area contributed by atoms with Crippen molar-refractivity contribution in [3.05, 3.63) is 57.6 Å². The summed E-state index contributed by atoms with van der Waals surface area (Å²) in [5.41, 5.74) is 2.77. The van der Waals surface area contributed by atoms with Crippen LogP contribution in [-0.4, -0.2) is 95.0 Å². The van der Waals surface area contributed by atoms with Gasteiger partial charge in [-0.05, 0) is 94.1 Å². The number of halogens is 1. The van der Waals surface area contributed by atoms with E-state index in [1.165, 1.54) is 0 Å². The molecule has 1 amide bonds. The topological polar surface area (TPSA) is 82.2 Å². The fourth-order valence-electron chi connectivity index (χ4n) is 5.31. The van der Waals surface area contributed by atoms with E-state index in [1.807, 2.05) is 30.9 Å². The van der Waals surface area contributed by atoms with Gasteiger partial charge in [-0.25, -0.2) is 8.42 Å². The van der Waals surface area contributed by atoms with Crippen molar-refractivity contribution < 1.29 is 17.9 Å². The molecule has 0 saturated carbocycles. The first-order valence-corrected chi connectivity index (χ1v) is 15.9. The highest BCUT2D eigenvalue weighted by Crippen LogP contribution is 2.30. The summed E-state index contributed by atoms with van der Waals surface area (Å²) in [7, 11) is -0.319. The average Bonchev–Trinajstić information content (AvgIpc) is 2.91. The standard InChI is InChI=1S/C30H45ClN4O4S/c1-7-13-35(15-8-14-34-18-16-33(5)17-19-34)30(36)27(21-25-9-11-26(31)12-10-25)32-40(37,38)29-22(2)20-28(39-6)23(3)24(29)4/h9-12,20,27,32H,7-8,13-19,21H2,1-6H3/t27-/m0/s1. The number of nitrogens with one attached hydrogen (secondary N) is 1. The predicted molar refractivity (Wildman–Crippen MR) is 162 cm³/mol. The van der Waals surface area contributed by atoms with E-state index in [9.17, 15) is 13.2 Å². The Balaban J connectivity index is 1.86. The number of carbonyl (C=O) groups is 1. The van der Waals surface area contributed by atoms with Crippen molar-refractivity contribution in [1.29, 1.82) is 0 Å². The third-order valence-electron chi connectivity index (χ3n) is 7.72. The first kappa shape index (κ1) is 32.3. The van der Waals surface area contributed by atoms with Gasteiger partial charge in [-0.15, -0.1) is 0 Å². The summed E-state index contributed by atoms with van der Waals surface area (Å²) in [4.78, 5) is 20.8. The van der Waals surface area contributed by atoms with E-state index < -0.39 is 16.1 Å². The van der Waals surface area contributed by atoms with Gasteiger partial charge in [-0.2, -0.15) is 4.72 Å². The number of sulfonamides is 1. The molecule has 1 fully saturated rings. The molecule has 0 aliphatic carbocycles. The molecular weight excluding hydrogens is 548 g/mol. The maximum Gasteiger partial charge on any atom is 0.241 e. The van der Waals surface area contributed by atoms with Crippen molar-refractivity contribution in [2.45, 2.75) is 57.9 Å². The highest BCUT2D eigenvalue weighted by molar-refractivity contribution is 7.89. The third-order valence-corrected chi connectivity index (χ3v) is 9.73. The summed E-state index contributed by atoms with van der Waals surface area (Å²) in [5.74, 6) is 0.427. The van der Waals surface area contributed by atoms with Crippen LogP contribution in [0, 0.1) is 20.8 Å². The minimum Gasteiger partial charge on any atom is -0.496 e. The van der Waals surface area contributed by atoms with Gasteiger partial charge in [0.15, 0.2) is 0 Å². The Labute approximate surface area is 245 Å². The second-order valence-electron chi connectivity index (χ2n) is 10.8. The van der Waals surface area contributed by atoms with Gasteiger partial charge in [-0.1, -0.05) is 30.7 Å². The highest BCUT2D eigenvalue weighted by atomic mass is 35.5. The summed E-state index contributed by atoms with van der Waals surface area (Å²) in [5, 5.41) is 0.587. The number of benzene rings is 2. The second kappa shape index (κ2) is 14.6. The summed E-state index contributed by atoms with van der Waals surface area (Å²) in [6.07, 6.45) is 1.85. The summed E-state index contributed by atoms with van der Waals surface area (Å²) in [6, 6.07) is 7.96. The molecule has 0 unspecified atom stereocenters. The van der Waals surface area contributed by atoms with Crippen LogP contribution in [0.2, 0.25) is 5.02 Å². The molecule has 222 valence electrons. The zero-order chi connectivity index (χ0) is 29.4. The highest BCUT2D eigenvalue weighted by Gasteiger charge is 2.32. The molecule has 0 radical (unpaired) electrons. The van der Waals surface area contributed by atoms with E-state index in [0.29, 0.717) is 35.0 Å². The molecule has 2 aromatic rings. The molecule has 1 aliphatic heterocycles. The molecule has 2 aromatic carbocycles. The third kappa shape index (κ3) is 8.42. The van der Waals surface area contributed by atoms with Gasteiger partial charge in [0.1, 0.15) is 11.8 Å². The van der Waals surface area contributed by atoms with E-state index in [4.69, 9.17) is 16.3 Å². The van der Waals surface area contributed by atoms with Crippen LogP contribution in [0.15, 0.2) is 35.2 Å². The molecule has 1 aliphatic rings. The van der Waals surface area contributed by atoms with Gasteiger partial charge in [0.05, 0.1) is 12.0 Å². The zero-order valence-electron chi connectivity index (χ0n) is 24.8. The van der Waals surface area contributed by atoms with Crippen LogP contribution in [0.4, 0.5) is 0 Å². The predicted octanol–water partition coefficient (Wildman–Crippen LogP) is 4.04. The molecular formula is C30H45ClN4O4S. The van der Waals surface area contributed by atoms with Crippen molar-refractivity contribution >= 4 is 27.5 Å². The Hall–Kier alpha value is -2.17. The molecule has 0 spiro atoms. The lowest BCUT2D eigenvalue weighted by Gasteiger charge is -2.33. The van der Waals surface area contributed by atoms with E-state index in [-0.39, 0.29) is 17.2 Å². The number of methoxy groups -OCH3 is 1. The number of carbonyl (C=O) groups excluding carboxylic acids is 1. The lowest BCUT2D eigenvalue weighted by molar-refractivity contribution is -0.133. The minimum atomic E-state index is -4.02. The number of piperazine rings is 1. The molecule has 8 nitrogen and oxygen atoms in total. The Morgan fingerprint density at radius 3 is 2.33 bits per heavy atom. The van der Waals surface area contributed by atoms with E-state index >= 15 is 0 Å². The van der Waals surface area contributed by atoms with Crippen LogP contribution < -0.4 is 9.46 Å². The molecule has 3 rings (SSSR count). The van der Waals surface area contributed by atoms with Gasteiger partial charge in [0.25, 0.3) is 0 Å². The molecule has 1 atom stereocenters. The van der Waals surface area contributed by atoms with Gasteiger partial charge < -0.3 is 19.4 Å². The van der Waals surface area contributed by atoms with Crippen molar-refractivity contribution in [1.82, 2.24) is 19.4 Å². The van der Waals surface area contributed by atoms with Gasteiger partial charge in [-0.3, -0.25) is 4.79 Å². The molecule has 0 aromatic heterocycles. The molecule has 40 heavy (non-hydrogen) atoms. The molecule has 10 heteroatoms. The quantitative estimate of drug-likeness (QED) is 0.378. The second-order valence-corrected chi connectivity index (χ2v) is 12.9. The molecule has 1 N–H and O–H groups in total. The number of amides is 1.